The van der Waals surface area contributed by atoms with E-state index >= 15 is 0 Å². The summed E-state index contributed by atoms with van der Waals surface area (Å²) in [5.74, 6) is 0. The summed E-state index contributed by atoms with van der Waals surface area (Å²) in [4.78, 5) is 20.8. The summed E-state index contributed by atoms with van der Waals surface area (Å²) < 4.78 is 5.33. The third kappa shape index (κ3) is 8.53. The molecule has 0 radical (unpaired) electrons. The molecule has 130 valence electrons. The molecular weight excluding hydrogens is 282 g/mol. The molecule has 1 saturated heterocycles. The van der Waals surface area contributed by atoms with Gasteiger partial charge < -0.3 is 24.8 Å². The minimum absolute atomic E-state index is 0.0389. The van der Waals surface area contributed by atoms with Gasteiger partial charge in [-0.3, -0.25) is 4.90 Å². The Labute approximate surface area is 135 Å². The van der Waals surface area contributed by atoms with Gasteiger partial charge in [-0.25, -0.2) is 4.79 Å². The van der Waals surface area contributed by atoms with E-state index in [0.717, 1.165) is 59.0 Å². The smallest absolute Gasteiger partial charge is 0.317 e. The van der Waals surface area contributed by atoms with Crippen LogP contribution in [0.25, 0.3) is 0 Å². The van der Waals surface area contributed by atoms with E-state index in [-0.39, 0.29) is 6.03 Å². The number of urea groups is 1. The molecule has 1 rings (SSSR count). The number of carbonyl (C=O) groups is 1. The molecule has 0 bridgehead atoms. The van der Waals surface area contributed by atoms with Gasteiger partial charge in [0.05, 0.1) is 13.2 Å². The van der Waals surface area contributed by atoms with Gasteiger partial charge >= 0.3 is 6.03 Å². The van der Waals surface area contributed by atoms with E-state index in [1.807, 2.05) is 33.1 Å². The zero-order valence-corrected chi connectivity index (χ0v) is 14.7. The highest BCUT2D eigenvalue weighted by Crippen LogP contribution is 1.96. The maximum atomic E-state index is 12.3. The topological polar surface area (TPSA) is 51.3 Å². The number of rotatable bonds is 9. The Morgan fingerprint density at radius 1 is 1.00 bits per heavy atom. The molecule has 0 aliphatic carbocycles. The fourth-order valence-corrected chi connectivity index (χ4v) is 2.21. The molecule has 0 aromatic carbocycles. The number of carbonyl (C=O) groups excluding carboxylic acids is 1. The Hall–Kier alpha value is -0.890. The Morgan fingerprint density at radius 2 is 1.55 bits per heavy atom. The first kappa shape index (κ1) is 19.2. The molecule has 0 aromatic heterocycles. The Balaban J connectivity index is 2.30. The summed E-state index contributed by atoms with van der Waals surface area (Å²) in [6.45, 7) is 8.37. The molecule has 1 aliphatic heterocycles. The molecule has 1 heterocycles. The first-order chi connectivity index (χ1) is 10.5. The van der Waals surface area contributed by atoms with E-state index in [0.29, 0.717) is 6.54 Å². The van der Waals surface area contributed by atoms with Crippen LogP contribution in [0.1, 0.15) is 0 Å². The second kappa shape index (κ2) is 10.8. The van der Waals surface area contributed by atoms with Gasteiger partial charge in [0.1, 0.15) is 0 Å². The van der Waals surface area contributed by atoms with E-state index in [1.165, 1.54) is 0 Å². The van der Waals surface area contributed by atoms with Crippen molar-refractivity contribution >= 4 is 6.03 Å². The minimum Gasteiger partial charge on any atom is -0.379 e. The van der Waals surface area contributed by atoms with Crippen molar-refractivity contribution < 1.29 is 9.53 Å². The molecule has 2 amide bonds. The number of likely N-dealkylation sites (N-methyl/N-ethyl adjacent to an activating group) is 2. The average molecular weight is 315 g/mol. The monoisotopic (exact) mass is 315 g/mol. The van der Waals surface area contributed by atoms with Crippen molar-refractivity contribution in [3.8, 4) is 0 Å². The molecule has 0 unspecified atom stereocenters. The number of ether oxygens (including phenoxy) is 1. The van der Waals surface area contributed by atoms with Gasteiger partial charge in [0.15, 0.2) is 0 Å². The molecular formula is C15H33N5O2. The van der Waals surface area contributed by atoms with Crippen molar-refractivity contribution in [1.82, 2.24) is 24.9 Å². The summed E-state index contributed by atoms with van der Waals surface area (Å²) in [7, 11) is 8.11. The highest BCUT2D eigenvalue weighted by Gasteiger charge is 2.15. The number of amides is 2. The number of nitrogens with one attached hydrogen (secondary N) is 1. The zero-order valence-electron chi connectivity index (χ0n) is 14.7. The van der Waals surface area contributed by atoms with Crippen LogP contribution in [0.2, 0.25) is 0 Å². The second-order valence-corrected chi connectivity index (χ2v) is 6.28. The van der Waals surface area contributed by atoms with E-state index < -0.39 is 0 Å². The van der Waals surface area contributed by atoms with Crippen molar-refractivity contribution in [2.45, 2.75) is 0 Å². The fraction of sp³-hybridized carbons (Fsp3) is 0.933. The lowest BCUT2D eigenvalue weighted by Gasteiger charge is -2.28. The molecule has 1 N–H and O–H groups in total. The van der Waals surface area contributed by atoms with Gasteiger partial charge in [0.2, 0.25) is 0 Å². The van der Waals surface area contributed by atoms with Gasteiger partial charge in [-0.2, -0.15) is 0 Å². The summed E-state index contributed by atoms with van der Waals surface area (Å²) in [5, 5.41) is 3.04. The highest BCUT2D eigenvalue weighted by atomic mass is 16.5. The predicted octanol–water partition coefficient (Wildman–Crippen LogP) is -0.547. The van der Waals surface area contributed by atoms with E-state index in [2.05, 4.69) is 20.0 Å². The van der Waals surface area contributed by atoms with Crippen LogP contribution in [0.5, 0.6) is 0 Å². The molecule has 1 fully saturated rings. The average Bonchev–Trinajstić information content (AvgIpc) is 2.47. The van der Waals surface area contributed by atoms with Crippen molar-refractivity contribution in [3.05, 3.63) is 0 Å². The lowest BCUT2D eigenvalue weighted by molar-refractivity contribution is 0.0385. The second-order valence-electron chi connectivity index (χ2n) is 6.28. The van der Waals surface area contributed by atoms with Crippen LogP contribution < -0.4 is 5.32 Å². The summed E-state index contributed by atoms with van der Waals surface area (Å²) >= 11 is 0. The largest absolute Gasteiger partial charge is 0.379 e. The van der Waals surface area contributed by atoms with Gasteiger partial charge in [-0.15, -0.1) is 0 Å². The van der Waals surface area contributed by atoms with E-state index in [1.54, 1.807) is 0 Å². The maximum absolute atomic E-state index is 12.3. The van der Waals surface area contributed by atoms with Crippen molar-refractivity contribution in [3.63, 3.8) is 0 Å². The van der Waals surface area contributed by atoms with E-state index in [4.69, 9.17) is 4.74 Å². The maximum Gasteiger partial charge on any atom is 0.317 e. The number of nitrogens with zero attached hydrogens (tertiary/aromatic N) is 4. The van der Waals surface area contributed by atoms with Crippen LogP contribution in [0, 0.1) is 0 Å². The number of hydrogen-bond donors (Lipinski definition) is 1. The standard InChI is InChI=1S/C15H33N5O2/c1-17(2)7-9-20(10-8-18(3)4)15(21)16-5-6-19-11-13-22-14-12-19/h5-14H2,1-4H3,(H,16,21). The number of morpholine rings is 1. The summed E-state index contributed by atoms with van der Waals surface area (Å²) in [6.07, 6.45) is 0. The van der Waals surface area contributed by atoms with Crippen molar-refractivity contribution in [2.75, 3.05) is 93.8 Å². The van der Waals surface area contributed by atoms with Gasteiger partial charge in [-0.1, -0.05) is 0 Å². The lowest BCUT2D eigenvalue weighted by Crippen LogP contribution is -2.48. The normalized spacial score (nSPS) is 16.3. The molecule has 0 saturated carbocycles. The molecule has 0 atom stereocenters. The zero-order chi connectivity index (χ0) is 16.4. The fourth-order valence-electron chi connectivity index (χ4n) is 2.21. The number of hydrogen-bond acceptors (Lipinski definition) is 5. The molecule has 7 heteroatoms. The molecule has 1 aliphatic rings. The van der Waals surface area contributed by atoms with Crippen LogP contribution in [0.15, 0.2) is 0 Å². The van der Waals surface area contributed by atoms with Crippen LogP contribution in [-0.4, -0.2) is 119 Å². The first-order valence-electron chi connectivity index (χ1n) is 8.11. The van der Waals surface area contributed by atoms with Crippen molar-refractivity contribution in [2.24, 2.45) is 0 Å². The third-order valence-electron chi connectivity index (χ3n) is 3.73. The lowest BCUT2D eigenvalue weighted by atomic mass is 10.4. The van der Waals surface area contributed by atoms with E-state index in [9.17, 15) is 4.79 Å². The Morgan fingerprint density at radius 3 is 2.05 bits per heavy atom. The van der Waals surface area contributed by atoms with Crippen LogP contribution >= 0.6 is 0 Å². The molecule has 0 spiro atoms. The minimum atomic E-state index is 0.0389. The molecule has 22 heavy (non-hydrogen) atoms. The van der Waals surface area contributed by atoms with Crippen molar-refractivity contribution in [1.29, 1.82) is 0 Å². The summed E-state index contributed by atoms with van der Waals surface area (Å²) in [6, 6.07) is 0.0389. The van der Waals surface area contributed by atoms with Crippen LogP contribution in [0.4, 0.5) is 4.79 Å². The SMILES string of the molecule is CN(C)CCN(CCN(C)C)C(=O)NCCN1CCOCC1. The quantitative estimate of drug-likeness (QED) is 0.619. The van der Waals surface area contributed by atoms with Gasteiger partial charge in [0.25, 0.3) is 0 Å². The molecule has 7 nitrogen and oxygen atoms in total. The van der Waals surface area contributed by atoms with Gasteiger partial charge in [-0.05, 0) is 28.2 Å². The molecule has 0 aromatic rings. The van der Waals surface area contributed by atoms with Crippen LogP contribution in [0.3, 0.4) is 0 Å². The first-order valence-corrected chi connectivity index (χ1v) is 8.11. The van der Waals surface area contributed by atoms with Crippen LogP contribution in [-0.2, 0) is 4.74 Å². The Bertz CT molecular complexity index is 294. The predicted molar refractivity (Wildman–Crippen MR) is 89.3 cm³/mol. The third-order valence-corrected chi connectivity index (χ3v) is 3.73. The summed E-state index contributed by atoms with van der Waals surface area (Å²) in [5.41, 5.74) is 0. The van der Waals surface area contributed by atoms with Gasteiger partial charge in [0, 0.05) is 52.4 Å². The Kier molecular flexibility index (Phi) is 9.38. The highest BCUT2D eigenvalue weighted by molar-refractivity contribution is 5.74.